The van der Waals surface area contributed by atoms with Gasteiger partial charge < -0.3 is 9.31 Å². The molecule has 1 aromatic rings. The average Bonchev–Trinajstić information content (AvgIpc) is 2.47. The first-order valence-electron chi connectivity index (χ1n) is 8.22. The topological polar surface area (TPSA) is 18.5 Å². The predicted octanol–water partition coefficient (Wildman–Crippen LogP) is 4.40. The van der Waals surface area contributed by atoms with E-state index >= 15 is 0 Å². The van der Waals surface area contributed by atoms with Crippen molar-refractivity contribution in [3.8, 4) is 0 Å². The molecular weight excluding hydrogens is 278 g/mol. The zero-order valence-corrected chi connectivity index (χ0v) is 14.1. The molecule has 4 fully saturated rings. The molecule has 2 nitrogen and oxygen atoms in total. The van der Waals surface area contributed by atoms with Crippen molar-refractivity contribution in [1.82, 2.24) is 0 Å². The van der Waals surface area contributed by atoms with Gasteiger partial charge in [-0.15, -0.1) is 0 Å². The standard InChI is InChI=1S/C18H24BFO2/c1-12-6-7-13(14(20)8-12)17-9-18(10-17,11-17)19-21-15(2,3)16(4,5)22-19/h6-8H,9-11H2,1-5H3. The van der Waals surface area contributed by atoms with Crippen LogP contribution in [0.2, 0.25) is 5.31 Å². The average molecular weight is 302 g/mol. The third-order valence-electron chi connectivity index (χ3n) is 6.52. The molecule has 0 unspecified atom stereocenters. The number of halogens is 1. The van der Waals surface area contributed by atoms with E-state index in [0.717, 1.165) is 30.4 Å². The lowest BCUT2D eigenvalue weighted by atomic mass is 9.23. The van der Waals surface area contributed by atoms with Crippen LogP contribution < -0.4 is 0 Å². The minimum absolute atomic E-state index is 0.0291. The fourth-order valence-electron chi connectivity index (χ4n) is 4.55. The molecule has 4 heteroatoms. The van der Waals surface area contributed by atoms with Gasteiger partial charge in [0.05, 0.1) is 11.2 Å². The summed E-state index contributed by atoms with van der Waals surface area (Å²) in [5.74, 6) is -0.0535. The zero-order valence-electron chi connectivity index (χ0n) is 14.1. The SMILES string of the molecule is Cc1ccc(C23CC(B4OC(C)(C)C(C)(C)O4)(C2)C3)c(F)c1. The van der Waals surface area contributed by atoms with Gasteiger partial charge in [-0.05, 0) is 76.5 Å². The van der Waals surface area contributed by atoms with Crippen molar-refractivity contribution in [3.05, 3.63) is 35.1 Å². The van der Waals surface area contributed by atoms with Crippen LogP contribution in [0.4, 0.5) is 4.39 Å². The fraction of sp³-hybridized carbons (Fsp3) is 0.667. The van der Waals surface area contributed by atoms with Crippen molar-refractivity contribution in [2.45, 2.75) is 75.8 Å². The number of benzene rings is 1. The van der Waals surface area contributed by atoms with Gasteiger partial charge in [0.1, 0.15) is 5.82 Å². The molecule has 0 N–H and O–H groups in total. The lowest BCUT2D eigenvalue weighted by molar-refractivity contribution is -0.0406. The summed E-state index contributed by atoms with van der Waals surface area (Å²) in [6, 6.07) is 5.63. The van der Waals surface area contributed by atoms with Crippen LogP contribution >= 0.6 is 0 Å². The van der Waals surface area contributed by atoms with Gasteiger partial charge in [-0.3, -0.25) is 0 Å². The minimum atomic E-state index is -0.282. The minimum Gasteiger partial charge on any atom is -0.403 e. The van der Waals surface area contributed by atoms with Crippen LogP contribution in [-0.2, 0) is 14.7 Å². The molecule has 1 aromatic carbocycles. The molecule has 3 aliphatic carbocycles. The van der Waals surface area contributed by atoms with Crippen LogP contribution in [0, 0.1) is 12.7 Å². The molecular formula is C18H24BFO2. The number of aryl methyl sites for hydroxylation is 1. The van der Waals surface area contributed by atoms with E-state index in [1.165, 1.54) is 0 Å². The van der Waals surface area contributed by atoms with Crippen LogP contribution in [0.25, 0.3) is 0 Å². The van der Waals surface area contributed by atoms with Gasteiger partial charge >= 0.3 is 7.12 Å². The van der Waals surface area contributed by atoms with E-state index in [-0.39, 0.29) is 34.9 Å². The summed E-state index contributed by atoms with van der Waals surface area (Å²) in [4.78, 5) is 0. The Morgan fingerprint density at radius 1 is 1.00 bits per heavy atom. The Labute approximate surface area is 132 Å². The number of rotatable bonds is 2. The van der Waals surface area contributed by atoms with Crippen LogP contribution in [-0.4, -0.2) is 18.3 Å². The highest BCUT2D eigenvalue weighted by molar-refractivity contribution is 6.51. The van der Waals surface area contributed by atoms with E-state index in [1.807, 2.05) is 19.1 Å². The normalized spacial score (nSPS) is 37.6. The molecule has 1 saturated heterocycles. The van der Waals surface area contributed by atoms with Crippen LogP contribution in [0.3, 0.4) is 0 Å². The Bertz CT molecular complexity index is 617. The largest absolute Gasteiger partial charge is 0.464 e. The Hall–Kier alpha value is -0.865. The van der Waals surface area contributed by atoms with E-state index in [9.17, 15) is 4.39 Å². The van der Waals surface area contributed by atoms with E-state index in [1.54, 1.807) is 6.07 Å². The van der Waals surface area contributed by atoms with Gasteiger partial charge in [0.25, 0.3) is 0 Å². The second-order valence-electron chi connectivity index (χ2n) is 8.74. The highest BCUT2D eigenvalue weighted by atomic mass is 19.1. The summed E-state index contributed by atoms with van der Waals surface area (Å²) in [7, 11) is -0.145. The van der Waals surface area contributed by atoms with Gasteiger partial charge in [-0.1, -0.05) is 12.1 Å². The molecule has 1 heterocycles. The van der Waals surface area contributed by atoms with E-state index < -0.39 is 0 Å². The van der Waals surface area contributed by atoms with Gasteiger partial charge in [0.2, 0.25) is 0 Å². The van der Waals surface area contributed by atoms with Crippen molar-refractivity contribution in [2.24, 2.45) is 0 Å². The Kier molecular flexibility index (Phi) is 2.65. The summed E-state index contributed by atoms with van der Waals surface area (Å²) in [6.45, 7) is 10.3. The Balaban J connectivity index is 1.53. The summed E-state index contributed by atoms with van der Waals surface area (Å²) >= 11 is 0. The molecule has 0 radical (unpaired) electrons. The second kappa shape index (κ2) is 3.96. The maximum Gasteiger partial charge on any atom is 0.464 e. The van der Waals surface area contributed by atoms with Crippen molar-refractivity contribution >= 4 is 7.12 Å². The van der Waals surface area contributed by atoms with Crippen molar-refractivity contribution in [3.63, 3.8) is 0 Å². The molecule has 0 atom stereocenters. The quantitative estimate of drug-likeness (QED) is 0.754. The summed E-state index contributed by atoms with van der Waals surface area (Å²) in [5.41, 5.74) is 1.33. The Morgan fingerprint density at radius 2 is 1.55 bits per heavy atom. The lowest BCUT2D eigenvalue weighted by Gasteiger charge is -2.71. The monoisotopic (exact) mass is 302 g/mol. The fourth-order valence-corrected chi connectivity index (χ4v) is 4.55. The maximum atomic E-state index is 14.3. The molecule has 0 aromatic heterocycles. The van der Waals surface area contributed by atoms with Crippen LogP contribution in [0.5, 0.6) is 0 Å². The third-order valence-corrected chi connectivity index (χ3v) is 6.52. The van der Waals surface area contributed by atoms with Crippen molar-refractivity contribution < 1.29 is 13.7 Å². The molecule has 1 aliphatic heterocycles. The van der Waals surface area contributed by atoms with Gasteiger partial charge in [-0.2, -0.15) is 0 Å². The van der Waals surface area contributed by atoms with E-state index in [2.05, 4.69) is 27.7 Å². The predicted molar refractivity (Wildman–Crippen MR) is 85.4 cm³/mol. The molecule has 5 rings (SSSR count). The van der Waals surface area contributed by atoms with Crippen LogP contribution in [0.15, 0.2) is 18.2 Å². The molecule has 4 aliphatic rings. The molecule has 3 saturated carbocycles. The zero-order chi connectivity index (χ0) is 16.0. The third kappa shape index (κ3) is 1.68. The van der Waals surface area contributed by atoms with Gasteiger partial charge in [0, 0.05) is 5.31 Å². The molecule has 118 valence electrons. The van der Waals surface area contributed by atoms with Crippen molar-refractivity contribution in [1.29, 1.82) is 0 Å². The van der Waals surface area contributed by atoms with Gasteiger partial charge in [0.15, 0.2) is 0 Å². The first-order chi connectivity index (χ1) is 10.1. The highest BCUT2D eigenvalue weighted by Crippen LogP contribution is 2.81. The first-order valence-corrected chi connectivity index (χ1v) is 8.22. The summed E-state index contributed by atoms with van der Waals surface area (Å²) in [5, 5.41) is 0.0996. The molecule has 2 bridgehead atoms. The maximum absolute atomic E-state index is 14.3. The molecule has 0 amide bonds. The smallest absolute Gasteiger partial charge is 0.403 e. The highest BCUT2D eigenvalue weighted by Gasteiger charge is 2.77. The first kappa shape index (κ1) is 14.7. The Morgan fingerprint density at radius 3 is 2.05 bits per heavy atom. The van der Waals surface area contributed by atoms with Crippen LogP contribution in [0.1, 0.15) is 58.1 Å². The lowest BCUT2D eigenvalue weighted by Crippen LogP contribution is -2.66. The van der Waals surface area contributed by atoms with E-state index in [4.69, 9.17) is 9.31 Å². The van der Waals surface area contributed by atoms with Gasteiger partial charge in [-0.25, -0.2) is 4.39 Å². The number of hydrogen-bond donors (Lipinski definition) is 0. The molecule has 22 heavy (non-hydrogen) atoms. The summed E-state index contributed by atoms with van der Waals surface area (Å²) < 4.78 is 26.7. The molecule has 0 spiro atoms. The van der Waals surface area contributed by atoms with E-state index in [0.29, 0.717) is 0 Å². The number of hydrogen-bond acceptors (Lipinski definition) is 2. The van der Waals surface area contributed by atoms with Crippen molar-refractivity contribution in [2.75, 3.05) is 0 Å². The summed E-state index contributed by atoms with van der Waals surface area (Å²) in [6.07, 6.45) is 2.95. The second-order valence-corrected chi connectivity index (χ2v) is 8.74.